The van der Waals surface area contributed by atoms with Crippen molar-refractivity contribution in [1.82, 2.24) is 9.78 Å². The van der Waals surface area contributed by atoms with Crippen LogP contribution < -0.4 is 4.74 Å². The Morgan fingerprint density at radius 1 is 1.29 bits per heavy atom. The number of nitrogens with zero attached hydrogens (tertiary/aromatic N) is 3. The van der Waals surface area contributed by atoms with E-state index in [9.17, 15) is 27.7 Å². The highest BCUT2D eigenvalue weighted by atomic mass is 19.4. The quantitative estimate of drug-likeness (QED) is 0.495. The molecule has 1 aromatic carbocycles. The van der Waals surface area contributed by atoms with Crippen molar-refractivity contribution in [2.45, 2.75) is 6.18 Å². The van der Waals surface area contributed by atoms with E-state index in [1.807, 2.05) is 0 Å². The second-order valence-corrected chi connectivity index (χ2v) is 3.99. The van der Waals surface area contributed by atoms with Gasteiger partial charge in [-0.05, 0) is 0 Å². The molecule has 0 N–H and O–H groups in total. The third-order valence-electron chi connectivity index (χ3n) is 2.42. The van der Waals surface area contributed by atoms with E-state index in [1.54, 1.807) is 0 Å². The fourth-order valence-electron chi connectivity index (χ4n) is 1.52. The summed E-state index contributed by atoms with van der Waals surface area (Å²) in [5.74, 6) is -1.59. The average Bonchev–Trinajstić information content (AvgIpc) is 2.70. The third kappa shape index (κ3) is 3.27. The monoisotopic (exact) mass is 305 g/mol. The molecular weight excluding hydrogens is 298 g/mol. The van der Waals surface area contributed by atoms with Gasteiger partial charge in [0.15, 0.2) is 5.69 Å². The van der Waals surface area contributed by atoms with Gasteiger partial charge in [0.25, 0.3) is 5.69 Å². The van der Waals surface area contributed by atoms with Crippen molar-refractivity contribution in [3.05, 3.63) is 45.9 Å². The average molecular weight is 305 g/mol. The van der Waals surface area contributed by atoms with Crippen molar-refractivity contribution in [2.24, 2.45) is 7.05 Å². The largest absolute Gasteiger partial charge is 0.439 e. The Balaban J connectivity index is 2.34. The van der Waals surface area contributed by atoms with Gasteiger partial charge in [-0.1, -0.05) is 0 Å². The van der Waals surface area contributed by atoms with E-state index < -0.39 is 28.3 Å². The number of benzene rings is 1. The van der Waals surface area contributed by atoms with Crippen LogP contribution in [0.5, 0.6) is 11.6 Å². The number of aryl methyl sites for hydroxylation is 1. The summed E-state index contributed by atoms with van der Waals surface area (Å²) < 4.78 is 56.4. The molecule has 0 atom stereocenters. The van der Waals surface area contributed by atoms with E-state index in [1.165, 1.54) is 7.05 Å². The molecule has 0 aliphatic rings. The molecule has 0 fully saturated rings. The zero-order valence-corrected chi connectivity index (χ0v) is 10.4. The Morgan fingerprint density at radius 3 is 2.48 bits per heavy atom. The highest BCUT2D eigenvalue weighted by molar-refractivity contribution is 5.40. The van der Waals surface area contributed by atoms with Crippen LogP contribution in [-0.2, 0) is 13.2 Å². The van der Waals surface area contributed by atoms with Gasteiger partial charge in [0, 0.05) is 19.2 Å². The number of halogens is 4. The minimum absolute atomic E-state index is 0.307. The smallest absolute Gasteiger partial charge is 0.435 e. The van der Waals surface area contributed by atoms with Gasteiger partial charge in [0.05, 0.1) is 17.1 Å². The number of rotatable bonds is 3. The molecule has 0 aliphatic carbocycles. The van der Waals surface area contributed by atoms with Crippen molar-refractivity contribution in [1.29, 1.82) is 0 Å². The predicted molar refractivity (Wildman–Crippen MR) is 61.3 cm³/mol. The SMILES string of the molecule is Cn1nc(C(F)(F)F)cc1Oc1cc(F)cc([N+](=O)[O-])c1. The standard InChI is InChI=1S/C11H7F4N3O3/c1-17-10(5-9(16-17)11(13,14)15)21-8-3-6(12)2-7(4-8)18(19)20/h2-5H,1H3. The Hall–Kier alpha value is -2.65. The number of nitro groups is 1. The summed E-state index contributed by atoms with van der Waals surface area (Å²) in [5, 5.41) is 13.8. The molecule has 1 aromatic heterocycles. The molecule has 0 spiro atoms. The lowest BCUT2D eigenvalue weighted by atomic mass is 10.3. The van der Waals surface area contributed by atoms with Crippen LogP contribution >= 0.6 is 0 Å². The molecule has 0 bridgehead atoms. The second-order valence-electron chi connectivity index (χ2n) is 3.99. The molecule has 2 aromatic rings. The Bertz CT molecular complexity index is 697. The van der Waals surface area contributed by atoms with Gasteiger partial charge in [0.2, 0.25) is 5.88 Å². The molecule has 2 rings (SSSR count). The van der Waals surface area contributed by atoms with E-state index in [0.717, 1.165) is 16.8 Å². The lowest BCUT2D eigenvalue weighted by Gasteiger charge is -2.05. The van der Waals surface area contributed by atoms with Gasteiger partial charge < -0.3 is 4.74 Å². The van der Waals surface area contributed by atoms with Crippen molar-refractivity contribution in [3.63, 3.8) is 0 Å². The summed E-state index contributed by atoms with van der Waals surface area (Å²) in [6, 6.07) is 2.98. The van der Waals surface area contributed by atoms with Gasteiger partial charge in [0.1, 0.15) is 11.6 Å². The zero-order chi connectivity index (χ0) is 15.8. The van der Waals surface area contributed by atoms with Gasteiger partial charge >= 0.3 is 6.18 Å². The van der Waals surface area contributed by atoms with Crippen LogP contribution in [0.3, 0.4) is 0 Å². The number of nitro benzene ring substituents is 1. The molecule has 0 unspecified atom stereocenters. The number of alkyl halides is 3. The van der Waals surface area contributed by atoms with E-state index in [2.05, 4.69) is 5.10 Å². The number of hydrogen-bond acceptors (Lipinski definition) is 4. The second kappa shape index (κ2) is 5.04. The van der Waals surface area contributed by atoms with Gasteiger partial charge in [-0.2, -0.15) is 18.3 Å². The first-order chi connectivity index (χ1) is 9.66. The maximum Gasteiger partial charge on any atom is 0.435 e. The zero-order valence-electron chi connectivity index (χ0n) is 10.4. The van der Waals surface area contributed by atoms with Crippen molar-refractivity contribution < 1.29 is 27.2 Å². The van der Waals surface area contributed by atoms with Crippen LogP contribution in [0.1, 0.15) is 5.69 Å². The summed E-state index contributed by atoms with van der Waals surface area (Å²) in [5.41, 5.74) is -1.77. The molecule has 21 heavy (non-hydrogen) atoms. The van der Waals surface area contributed by atoms with Gasteiger partial charge in [-0.25, -0.2) is 9.07 Å². The van der Waals surface area contributed by atoms with Crippen molar-refractivity contribution in [3.8, 4) is 11.6 Å². The third-order valence-corrected chi connectivity index (χ3v) is 2.42. The lowest BCUT2D eigenvalue weighted by molar-refractivity contribution is -0.385. The van der Waals surface area contributed by atoms with Crippen LogP contribution in [0.2, 0.25) is 0 Å². The van der Waals surface area contributed by atoms with Crippen LogP contribution in [0.4, 0.5) is 23.2 Å². The molecule has 10 heteroatoms. The molecule has 0 radical (unpaired) electrons. The molecule has 112 valence electrons. The topological polar surface area (TPSA) is 70.2 Å². The molecule has 0 amide bonds. The normalized spacial score (nSPS) is 11.5. The van der Waals surface area contributed by atoms with E-state index >= 15 is 0 Å². The van der Waals surface area contributed by atoms with Crippen molar-refractivity contribution >= 4 is 5.69 Å². The summed E-state index contributed by atoms with van der Waals surface area (Å²) in [6.07, 6.45) is -4.66. The summed E-state index contributed by atoms with van der Waals surface area (Å²) in [6.45, 7) is 0. The van der Waals surface area contributed by atoms with Gasteiger partial charge in [-0.15, -0.1) is 0 Å². The molecule has 0 saturated carbocycles. The van der Waals surface area contributed by atoms with E-state index in [0.29, 0.717) is 12.1 Å². The Morgan fingerprint density at radius 2 is 1.95 bits per heavy atom. The van der Waals surface area contributed by atoms with Crippen LogP contribution in [0.25, 0.3) is 0 Å². The Kier molecular flexibility index (Phi) is 3.54. The molecular formula is C11H7F4N3O3. The van der Waals surface area contributed by atoms with Crippen LogP contribution in [0.15, 0.2) is 24.3 Å². The number of hydrogen-bond donors (Lipinski definition) is 0. The first-order valence-electron chi connectivity index (χ1n) is 5.41. The number of aromatic nitrogens is 2. The van der Waals surface area contributed by atoms with E-state index in [-0.39, 0.29) is 11.6 Å². The van der Waals surface area contributed by atoms with E-state index in [4.69, 9.17) is 4.74 Å². The first-order valence-corrected chi connectivity index (χ1v) is 5.41. The maximum absolute atomic E-state index is 13.2. The number of non-ortho nitro benzene ring substituents is 1. The fourth-order valence-corrected chi connectivity index (χ4v) is 1.52. The minimum atomic E-state index is -4.66. The summed E-state index contributed by atoms with van der Waals surface area (Å²) >= 11 is 0. The summed E-state index contributed by atoms with van der Waals surface area (Å²) in [4.78, 5) is 9.73. The highest BCUT2D eigenvalue weighted by Crippen LogP contribution is 2.32. The van der Waals surface area contributed by atoms with Crippen molar-refractivity contribution in [2.75, 3.05) is 0 Å². The first kappa shape index (κ1) is 14.8. The summed E-state index contributed by atoms with van der Waals surface area (Å²) in [7, 11) is 1.19. The number of ether oxygens (including phenoxy) is 1. The highest BCUT2D eigenvalue weighted by Gasteiger charge is 2.35. The van der Waals surface area contributed by atoms with Crippen LogP contribution in [-0.4, -0.2) is 14.7 Å². The molecule has 0 aliphatic heterocycles. The predicted octanol–water partition coefficient (Wildman–Crippen LogP) is 3.28. The molecule has 6 nitrogen and oxygen atoms in total. The Labute approximate surface area is 114 Å². The fraction of sp³-hybridized carbons (Fsp3) is 0.182. The lowest BCUT2D eigenvalue weighted by Crippen LogP contribution is -2.06. The van der Waals surface area contributed by atoms with Gasteiger partial charge in [-0.3, -0.25) is 10.1 Å². The molecule has 0 saturated heterocycles. The minimum Gasteiger partial charge on any atom is -0.439 e. The maximum atomic E-state index is 13.2. The molecule has 1 heterocycles. The van der Waals surface area contributed by atoms with Crippen LogP contribution in [0, 0.1) is 15.9 Å².